The maximum absolute atomic E-state index is 3.38. The molecule has 0 aromatic rings. The fraction of sp³-hybridized carbons (Fsp3) is 0.333. The smallest absolute Gasteiger partial charge is 0.0185 e. The highest BCUT2D eigenvalue weighted by molar-refractivity contribution is 5.34. The lowest BCUT2D eigenvalue weighted by Crippen LogP contribution is -2.06. The van der Waals surface area contributed by atoms with Gasteiger partial charge in [-0.15, -0.1) is 0 Å². The largest absolute Gasteiger partial charge is 0.388 e. The van der Waals surface area contributed by atoms with Crippen molar-refractivity contribution in [2.45, 2.75) is 12.8 Å². The predicted octanol–water partition coefficient (Wildman–Crippen LogP) is 1.75. The second kappa shape index (κ2) is 2.33. The Morgan fingerprint density at radius 1 is 1.30 bits per heavy atom. The van der Waals surface area contributed by atoms with E-state index in [-0.39, 0.29) is 0 Å². The van der Waals surface area contributed by atoms with E-state index in [0.29, 0.717) is 0 Å². The third-order valence-corrected chi connectivity index (χ3v) is 1.99. The van der Waals surface area contributed by atoms with Crippen molar-refractivity contribution in [1.82, 2.24) is 5.32 Å². The highest BCUT2D eigenvalue weighted by Crippen LogP contribution is 2.19. The van der Waals surface area contributed by atoms with Crippen molar-refractivity contribution in [1.29, 1.82) is 0 Å². The molecule has 0 radical (unpaired) electrons. The second-order valence-corrected chi connectivity index (χ2v) is 2.67. The Morgan fingerprint density at radius 3 is 3.30 bits per heavy atom. The minimum Gasteiger partial charge on any atom is -0.388 e. The van der Waals surface area contributed by atoms with Gasteiger partial charge >= 0.3 is 0 Å². The molecule has 0 amide bonds. The molecule has 0 spiro atoms. The topological polar surface area (TPSA) is 12.0 Å². The Labute approximate surface area is 61.1 Å². The van der Waals surface area contributed by atoms with Crippen molar-refractivity contribution >= 4 is 0 Å². The quantitative estimate of drug-likeness (QED) is 0.531. The Morgan fingerprint density at radius 2 is 2.30 bits per heavy atom. The van der Waals surface area contributed by atoms with Crippen LogP contribution in [0.15, 0.2) is 35.6 Å². The van der Waals surface area contributed by atoms with Gasteiger partial charge in [0, 0.05) is 18.7 Å². The molecule has 0 atom stereocenters. The molecule has 0 bridgehead atoms. The average Bonchev–Trinajstić information content (AvgIpc) is 2.28. The molecule has 1 heteroatoms. The monoisotopic (exact) mass is 133 g/mol. The number of allylic oxidation sites excluding steroid dienone is 4. The van der Waals surface area contributed by atoms with Gasteiger partial charge in [-0.1, -0.05) is 24.3 Å². The van der Waals surface area contributed by atoms with Crippen molar-refractivity contribution in [2.75, 3.05) is 6.54 Å². The Kier molecular flexibility index (Phi) is 1.35. The van der Waals surface area contributed by atoms with Crippen molar-refractivity contribution in [3.63, 3.8) is 0 Å². The van der Waals surface area contributed by atoms with E-state index in [4.69, 9.17) is 0 Å². The summed E-state index contributed by atoms with van der Waals surface area (Å²) in [7, 11) is 0. The first-order valence-electron chi connectivity index (χ1n) is 3.76. The van der Waals surface area contributed by atoms with Crippen LogP contribution in [0.4, 0.5) is 0 Å². The molecule has 1 aliphatic heterocycles. The fourth-order valence-electron chi connectivity index (χ4n) is 1.44. The summed E-state index contributed by atoms with van der Waals surface area (Å²) < 4.78 is 0. The van der Waals surface area contributed by atoms with Crippen LogP contribution >= 0.6 is 0 Å². The molecular formula is C9H11N. The molecule has 0 fully saturated rings. The summed E-state index contributed by atoms with van der Waals surface area (Å²) in [5.74, 6) is 0. The van der Waals surface area contributed by atoms with Gasteiger partial charge in [0.05, 0.1) is 0 Å². The summed E-state index contributed by atoms with van der Waals surface area (Å²) in [4.78, 5) is 0. The normalized spacial score (nSPS) is 22.4. The molecule has 0 aromatic heterocycles. The SMILES string of the molecule is C1=CCC2=C(C=C1)CCN2. The first kappa shape index (κ1) is 5.78. The van der Waals surface area contributed by atoms with Gasteiger partial charge in [-0.2, -0.15) is 0 Å². The van der Waals surface area contributed by atoms with Crippen LogP contribution in [0, 0.1) is 0 Å². The highest BCUT2D eigenvalue weighted by atomic mass is 14.9. The van der Waals surface area contributed by atoms with Crippen molar-refractivity contribution in [3.8, 4) is 0 Å². The third kappa shape index (κ3) is 0.878. The van der Waals surface area contributed by atoms with Crippen LogP contribution in [-0.4, -0.2) is 6.54 Å². The molecule has 0 unspecified atom stereocenters. The highest BCUT2D eigenvalue weighted by Gasteiger charge is 2.09. The lowest BCUT2D eigenvalue weighted by molar-refractivity contribution is 0.854. The van der Waals surface area contributed by atoms with E-state index in [9.17, 15) is 0 Å². The molecule has 0 aromatic carbocycles. The predicted molar refractivity (Wildman–Crippen MR) is 42.5 cm³/mol. The average molecular weight is 133 g/mol. The Bertz CT molecular complexity index is 221. The summed E-state index contributed by atoms with van der Waals surface area (Å²) in [6, 6.07) is 0. The molecule has 2 rings (SSSR count). The minimum absolute atomic E-state index is 1.09. The van der Waals surface area contributed by atoms with Gasteiger partial charge < -0.3 is 5.32 Å². The number of rotatable bonds is 0. The molecule has 52 valence electrons. The zero-order valence-electron chi connectivity index (χ0n) is 5.93. The van der Waals surface area contributed by atoms with E-state index >= 15 is 0 Å². The maximum atomic E-state index is 3.38. The standard InChI is InChI=1S/C9H11N/c1-2-4-8-6-7-10-9(8)5-3-1/h1-4,10H,5-7H2. The zero-order chi connectivity index (χ0) is 6.81. The van der Waals surface area contributed by atoms with Crippen LogP contribution in [0.5, 0.6) is 0 Å². The van der Waals surface area contributed by atoms with Crippen LogP contribution in [0.3, 0.4) is 0 Å². The molecule has 0 saturated heterocycles. The third-order valence-electron chi connectivity index (χ3n) is 1.99. The fourth-order valence-corrected chi connectivity index (χ4v) is 1.44. The molecule has 10 heavy (non-hydrogen) atoms. The maximum Gasteiger partial charge on any atom is 0.0185 e. The van der Waals surface area contributed by atoms with Gasteiger partial charge in [-0.3, -0.25) is 0 Å². The molecular weight excluding hydrogens is 122 g/mol. The van der Waals surface area contributed by atoms with E-state index in [2.05, 4.69) is 29.6 Å². The van der Waals surface area contributed by atoms with Crippen LogP contribution in [0.2, 0.25) is 0 Å². The molecule has 1 nitrogen and oxygen atoms in total. The van der Waals surface area contributed by atoms with Gasteiger partial charge in [0.2, 0.25) is 0 Å². The summed E-state index contributed by atoms with van der Waals surface area (Å²) in [6.07, 6.45) is 10.9. The van der Waals surface area contributed by atoms with Gasteiger partial charge in [-0.25, -0.2) is 0 Å². The lowest BCUT2D eigenvalue weighted by atomic mass is 10.2. The van der Waals surface area contributed by atoms with Crippen LogP contribution in [0.1, 0.15) is 12.8 Å². The van der Waals surface area contributed by atoms with Gasteiger partial charge in [0.1, 0.15) is 0 Å². The van der Waals surface area contributed by atoms with Crippen molar-refractivity contribution in [3.05, 3.63) is 35.6 Å². The molecule has 2 aliphatic rings. The van der Waals surface area contributed by atoms with E-state index in [1.54, 1.807) is 0 Å². The zero-order valence-corrected chi connectivity index (χ0v) is 5.93. The van der Waals surface area contributed by atoms with Crippen LogP contribution in [0.25, 0.3) is 0 Å². The van der Waals surface area contributed by atoms with Gasteiger partial charge in [0.15, 0.2) is 0 Å². The van der Waals surface area contributed by atoms with Crippen LogP contribution in [-0.2, 0) is 0 Å². The summed E-state index contributed by atoms with van der Waals surface area (Å²) >= 11 is 0. The number of nitrogens with one attached hydrogen (secondary N) is 1. The van der Waals surface area contributed by atoms with Crippen molar-refractivity contribution in [2.24, 2.45) is 0 Å². The van der Waals surface area contributed by atoms with E-state index in [0.717, 1.165) is 13.0 Å². The van der Waals surface area contributed by atoms with Crippen LogP contribution < -0.4 is 5.32 Å². The van der Waals surface area contributed by atoms with E-state index in [1.807, 2.05) is 0 Å². The minimum atomic E-state index is 1.09. The van der Waals surface area contributed by atoms with Crippen molar-refractivity contribution < 1.29 is 0 Å². The Balaban J connectivity index is 2.30. The molecule has 0 saturated carbocycles. The first-order valence-corrected chi connectivity index (χ1v) is 3.76. The summed E-state index contributed by atoms with van der Waals surface area (Å²) in [5, 5.41) is 3.38. The van der Waals surface area contributed by atoms with Gasteiger partial charge in [0.25, 0.3) is 0 Å². The van der Waals surface area contributed by atoms with Gasteiger partial charge in [-0.05, 0) is 12.0 Å². The molecule has 1 aliphatic carbocycles. The number of hydrogen-bond donors (Lipinski definition) is 1. The second-order valence-electron chi connectivity index (χ2n) is 2.67. The summed E-state index contributed by atoms with van der Waals surface area (Å²) in [5.41, 5.74) is 2.91. The van der Waals surface area contributed by atoms with E-state index in [1.165, 1.54) is 17.7 Å². The summed E-state index contributed by atoms with van der Waals surface area (Å²) in [6.45, 7) is 1.13. The van der Waals surface area contributed by atoms with E-state index < -0.39 is 0 Å². The Hall–Kier alpha value is -0.980. The molecule has 1 N–H and O–H groups in total. The molecule has 1 heterocycles. The lowest BCUT2D eigenvalue weighted by Gasteiger charge is -1.98. The first-order chi connectivity index (χ1) is 4.97. The number of hydrogen-bond acceptors (Lipinski definition) is 1.